The van der Waals surface area contributed by atoms with Crippen molar-refractivity contribution in [2.24, 2.45) is 23.6 Å². The molecule has 5 unspecified atom stereocenters. The minimum absolute atomic E-state index is 0.437. The molecule has 1 aromatic heterocycles. The first-order chi connectivity index (χ1) is 9.36. The molecule has 2 saturated carbocycles. The van der Waals surface area contributed by atoms with E-state index < -0.39 is 0 Å². The molecule has 1 heterocycles. The van der Waals surface area contributed by atoms with Crippen LogP contribution in [0, 0.1) is 17.8 Å². The van der Waals surface area contributed by atoms with Crippen LogP contribution in [0.2, 0.25) is 0 Å². The van der Waals surface area contributed by atoms with Crippen LogP contribution in [-0.2, 0) is 6.42 Å². The topological polar surface area (TPSA) is 50.9 Å². The molecule has 0 saturated heterocycles. The number of hydrazine groups is 1. The van der Waals surface area contributed by atoms with Gasteiger partial charge in [-0.3, -0.25) is 16.3 Å². The van der Waals surface area contributed by atoms with Crippen molar-refractivity contribution >= 4 is 0 Å². The lowest BCUT2D eigenvalue weighted by Gasteiger charge is -2.34. The smallest absolute Gasteiger partial charge is 0.0482 e. The lowest BCUT2D eigenvalue weighted by atomic mass is 9.77. The molecular weight excluding hydrogens is 234 g/mol. The highest BCUT2D eigenvalue weighted by molar-refractivity contribution is 5.30. The second-order valence-corrected chi connectivity index (χ2v) is 6.72. The van der Waals surface area contributed by atoms with Gasteiger partial charge in [-0.1, -0.05) is 12.5 Å². The zero-order valence-electron chi connectivity index (χ0n) is 11.4. The van der Waals surface area contributed by atoms with Crippen LogP contribution in [0.25, 0.3) is 0 Å². The maximum absolute atomic E-state index is 5.94. The summed E-state index contributed by atoms with van der Waals surface area (Å²) in [5.74, 6) is 9.15. The van der Waals surface area contributed by atoms with Crippen molar-refractivity contribution < 1.29 is 0 Å². The van der Waals surface area contributed by atoms with Crippen LogP contribution in [0.3, 0.4) is 0 Å². The van der Waals surface area contributed by atoms with E-state index in [0.29, 0.717) is 12.0 Å². The van der Waals surface area contributed by atoms with E-state index in [0.717, 1.165) is 17.8 Å². The molecule has 3 heteroatoms. The Bertz CT molecular complexity index is 473. The van der Waals surface area contributed by atoms with Gasteiger partial charge in [-0.15, -0.1) is 0 Å². The van der Waals surface area contributed by atoms with E-state index >= 15 is 0 Å². The van der Waals surface area contributed by atoms with Crippen molar-refractivity contribution in [3.05, 3.63) is 29.6 Å². The molecule has 0 aromatic carbocycles. The number of pyridine rings is 1. The van der Waals surface area contributed by atoms with Gasteiger partial charge in [0.25, 0.3) is 0 Å². The van der Waals surface area contributed by atoms with Crippen LogP contribution in [0.5, 0.6) is 0 Å². The average molecular weight is 257 g/mol. The third-order valence-electron chi connectivity index (χ3n) is 5.88. The number of nitrogens with one attached hydrogen (secondary N) is 1. The van der Waals surface area contributed by atoms with Crippen LogP contribution >= 0.6 is 0 Å². The Labute approximate surface area is 115 Å². The van der Waals surface area contributed by atoms with Gasteiger partial charge < -0.3 is 0 Å². The molecule has 19 heavy (non-hydrogen) atoms. The van der Waals surface area contributed by atoms with E-state index in [4.69, 9.17) is 5.84 Å². The van der Waals surface area contributed by atoms with E-state index in [1.165, 1.54) is 49.8 Å². The fourth-order valence-corrected chi connectivity index (χ4v) is 5.07. The number of fused-ring (bicyclic) bond motifs is 3. The van der Waals surface area contributed by atoms with Crippen molar-refractivity contribution in [2.75, 3.05) is 0 Å². The Morgan fingerprint density at radius 1 is 1.26 bits per heavy atom. The summed E-state index contributed by atoms with van der Waals surface area (Å²) in [5, 5.41) is 0. The molecule has 2 fully saturated rings. The van der Waals surface area contributed by atoms with Gasteiger partial charge in [0.05, 0.1) is 0 Å². The monoisotopic (exact) mass is 257 g/mol. The number of hydrogen-bond acceptors (Lipinski definition) is 3. The van der Waals surface area contributed by atoms with Crippen LogP contribution in [0.1, 0.15) is 49.3 Å². The summed E-state index contributed by atoms with van der Waals surface area (Å²) in [6, 6.07) is 4.73. The van der Waals surface area contributed by atoms with Crippen LogP contribution in [0.15, 0.2) is 18.3 Å². The average Bonchev–Trinajstić information content (AvgIpc) is 3.15. The Balaban J connectivity index is 1.60. The molecule has 3 nitrogen and oxygen atoms in total. The number of hydrogen-bond donors (Lipinski definition) is 2. The number of aryl methyl sites for hydroxylation is 1. The first-order valence-corrected chi connectivity index (χ1v) is 7.76. The summed E-state index contributed by atoms with van der Waals surface area (Å²) in [5.41, 5.74) is 5.93. The van der Waals surface area contributed by atoms with Gasteiger partial charge in [-0.25, -0.2) is 0 Å². The van der Waals surface area contributed by atoms with Crippen LogP contribution < -0.4 is 11.3 Å². The van der Waals surface area contributed by atoms with E-state index in [1.807, 2.05) is 6.20 Å². The van der Waals surface area contributed by atoms with Gasteiger partial charge in [0, 0.05) is 23.9 Å². The molecule has 3 N–H and O–H groups in total. The second kappa shape index (κ2) is 4.57. The minimum Gasteiger partial charge on any atom is -0.271 e. The zero-order chi connectivity index (χ0) is 12.8. The summed E-state index contributed by atoms with van der Waals surface area (Å²) in [6.45, 7) is 0. The third-order valence-corrected chi connectivity index (χ3v) is 5.88. The van der Waals surface area contributed by atoms with E-state index in [-0.39, 0.29) is 0 Å². The molecule has 0 radical (unpaired) electrons. The predicted molar refractivity (Wildman–Crippen MR) is 75.3 cm³/mol. The van der Waals surface area contributed by atoms with Crippen LogP contribution in [0.4, 0.5) is 0 Å². The first kappa shape index (κ1) is 11.9. The van der Waals surface area contributed by atoms with Gasteiger partial charge in [0.1, 0.15) is 0 Å². The van der Waals surface area contributed by atoms with Crippen LogP contribution in [-0.4, -0.2) is 11.0 Å². The quantitative estimate of drug-likeness (QED) is 0.645. The molecule has 4 rings (SSSR count). The maximum atomic E-state index is 5.94. The number of rotatable bonds is 3. The molecule has 1 aromatic rings. The summed E-state index contributed by atoms with van der Waals surface area (Å²) < 4.78 is 0. The third kappa shape index (κ3) is 1.83. The summed E-state index contributed by atoms with van der Waals surface area (Å²) >= 11 is 0. The molecule has 5 atom stereocenters. The lowest BCUT2D eigenvalue weighted by molar-refractivity contribution is 0.220. The highest BCUT2D eigenvalue weighted by Gasteiger charge is 2.46. The van der Waals surface area contributed by atoms with E-state index in [1.54, 1.807) is 0 Å². The number of nitrogens with two attached hydrogens (primary N) is 1. The van der Waals surface area contributed by atoms with Crippen molar-refractivity contribution in [1.29, 1.82) is 0 Å². The van der Waals surface area contributed by atoms with Gasteiger partial charge in [-0.05, 0) is 61.5 Å². The number of aromatic nitrogens is 1. The SMILES string of the molecule is NNC(C1CCc2cccnc21)C1CC2CCC1C2. The molecule has 102 valence electrons. The molecule has 0 spiro atoms. The number of nitrogens with zero attached hydrogens (tertiary/aromatic N) is 1. The standard InChI is InChI=1S/C16H23N3/c17-19-16(14-9-10-3-4-12(14)8-10)13-6-5-11-2-1-7-18-15(11)13/h1-2,7,10,12-14,16,19H,3-6,8-9,17H2. The first-order valence-electron chi connectivity index (χ1n) is 7.76. The molecule has 0 amide bonds. The maximum Gasteiger partial charge on any atom is 0.0482 e. The van der Waals surface area contributed by atoms with Gasteiger partial charge in [0.15, 0.2) is 0 Å². The summed E-state index contributed by atoms with van der Waals surface area (Å²) in [7, 11) is 0. The van der Waals surface area contributed by atoms with Gasteiger partial charge >= 0.3 is 0 Å². The highest BCUT2D eigenvalue weighted by atomic mass is 15.2. The Morgan fingerprint density at radius 2 is 2.21 bits per heavy atom. The second-order valence-electron chi connectivity index (χ2n) is 6.72. The molecule has 0 aliphatic heterocycles. The normalized spacial score (nSPS) is 37.5. The zero-order valence-corrected chi connectivity index (χ0v) is 11.4. The van der Waals surface area contributed by atoms with Crippen molar-refractivity contribution in [3.8, 4) is 0 Å². The fourth-order valence-electron chi connectivity index (χ4n) is 5.07. The lowest BCUT2D eigenvalue weighted by Crippen LogP contribution is -2.46. The van der Waals surface area contributed by atoms with Crippen molar-refractivity contribution in [1.82, 2.24) is 10.4 Å². The molecule has 2 bridgehead atoms. The molecule has 3 aliphatic carbocycles. The summed E-state index contributed by atoms with van der Waals surface area (Å²) in [4.78, 5) is 4.65. The molecular formula is C16H23N3. The van der Waals surface area contributed by atoms with Crippen molar-refractivity contribution in [2.45, 2.75) is 50.5 Å². The largest absolute Gasteiger partial charge is 0.271 e. The Morgan fingerprint density at radius 3 is 2.95 bits per heavy atom. The Kier molecular flexibility index (Phi) is 2.85. The minimum atomic E-state index is 0.437. The van der Waals surface area contributed by atoms with E-state index in [9.17, 15) is 0 Å². The summed E-state index contributed by atoms with van der Waals surface area (Å²) in [6.07, 6.45) is 10.0. The predicted octanol–water partition coefficient (Wildman–Crippen LogP) is 2.38. The van der Waals surface area contributed by atoms with E-state index in [2.05, 4.69) is 22.5 Å². The molecule has 3 aliphatic rings. The van der Waals surface area contributed by atoms with Gasteiger partial charge in [0.2, 0.25) is 0 Å². The van der Waals surface area contributed by atoms with Crippen molar-refractivity contribution in [3.63, 3.8) is 0 Å². The van der Waals surface area contributed by atoms with Gasteiger partial charge in [-0.2, -0.15) is 0 Å². The fraction of sp³-hybridized carbons (Fsp3) is 0.688. The highest BCUT2D eigenvalue weighted by Crippen LogP contribution is 2.52. The Hall–Kier alpha value is -0.930.